The second-order valence-electron chi connectivity index (χ2n) is 4.03. The fourth-order valence-electron chi connectivity index (χ4n) is 1.82. The van der Waals surface area contributed by atoms with Crippen LogP contribution >= 0.6 is 34.8 Å². The second kappa shape index (κ2) is 6.47. The van der Waals surface area contributed by atoms with Gasteiger partial charge in [0.2, 0.25) is 0 Å². The second-order valence-corrected chi connectivity index (χ2v) is 5.40. The summed E-state index contributed by atoms with van der Waals surface area (Å²) in [6.07, 6.45) is 3.91. The van der Waals surface area contributed by atoms with Crippen LogP contribution in [0, 0.1) is 0 Å². The van der Waals surface area contributed by atoms with Gasteiger partial charge in [-0.25, -0.2) is 0 Å². The molecule has 0 saturated carbocycles. The van der Waals surface area contributed by atoms with Gasteiger partial charge in [-0.1, -0.05) is 29.3 Å². The third-order valence-electron chi connectivity index (χ3n) is 2.79. The Kier molecular flexibility index (Phi) is 4.92. The molecular formula is C14H12Cl3NO. The highest BCUT2D eigenvalue weighted by Crippen LogP contribution is 2.35. The van der Waals surface area contributed by atoms with Crippen molar-refractivity contribution in [2.45, 2.75) is 11.8 Å². The maximum atomic E-state index is 6.45. The highest BCUT2D eigenvalue weighted by atomic mass is 35.5. The van der Waals surface area contributed by atoms with E-state index in [2.05, 4.69) is 4.98 Å². The number of ether oxygens (including phenoxy) is 1. The molecule has 0 aliphatic rings. The van der Waals surface area contributed by atoms with Gasteiger partial charge in [-0.15, -0.1) is 11.6 Å². The zero-order valence-electron chi connectivity index (χ0n) is 10.2. The summed E-state index contributed by atoms with van der Waals surface area (Å²) in [5.41, 5.74) is 1.84. The van der Waals surface area contributed by atoms with Crippen LogP contribution in [-0.4, -0.2) is 12.1 Å². The fraction of sp³-hybridized carbons (Fsp3) is 0.214. The average Bonchev–Trinajstić information content (AvgIpc) is 2.41. The molecule has 0 bridgehead atoms. The molecule has 1 atom stereocenters. The molecule has 0 amide bonds. The Morgan fingerprint density at radius 3 is 2.74 bits per heavy atom. The molecule has 1 aromatic carbocycles. The molecule has 0 saturated heterocycles. The first-order chi connectivity index (χ1) is 9.11. The minimum Gasteiger partial charge on any atom is -0.496 e. The number of hydrogen-bond acceptors (Lipinski definition) is 2. The van der Waals surface area contributed by atoms with Gasteiger partial charge >= 0.3 is 0 Å². The highest BCUT2D eigenvalue weighted by molar-refractivity contribution is 6.31. The Hall–Kier alpha value is -0.960. The van der Waals surface area contributed by atoms with E-state index in [0.717, 1.165) is 11.1 Å². The number of alkyl halides is 1. The molecule has 19 heavy (non-hydrogen) atoms. The molecule has 2 rings (SSSR count). The number of aromatic nitrogens is 1. The van der Waals surface area contributed by atoms with Crippen molar-refractivity contribution < 1.29 is 4.74 Å². The number of methoxy groups -OCH3 is 1. The largest absolute Gasteiger partial charge is 0.496 e. The predicted molar refractivity (Wildman–Crippen MR) is 79.5 cm³/mol. The number of halogens is 3. The maximum absolute atomic E-state index is 6.45. The fourth-order valence-corrected chi connectivity index (χ4v) is 2.52. The molecule has 100 valence electrons. The zero-order valence-corrected chi connectivity index (χ0v) is 12.5. The van der Waals surface area contributed by atoms with Crippen LogP contribution in [0.15, 0.2) is 36.7 Å². The number of rotatable bonds is 4. The van der Waals surface area contributed by atoms with Gasteiger partial charge in [-0.3, -0.25) is 4.98 Å². The van der Waals surface area contributed by atoms with E-state index in [1.165, 1.54) is 0 Å². The SMILES string of the molecule is COc1cc(Cl)ccc1C(Cl)Cc1ccncc1Cl. The van der Waals surface area contributed by atoms with Crippen molar-refractivity contribution in [2.75, 3.05) is 7.11 Å². The number of benzene rings is 1. The maximum Gasteiger partial charge on any atom is 0.125 e. The summed E-state index contributed by atoms with van der Waals surface area (Å²) in [5, 5.41) is 0.986. The molecule has 1 unspecified atom stereocenters. The molecular weight excluding hydrogens is 305 g/mol. The lowest BCUT2D eigenvalue weighted by atomic mass is 10.0. The third kappa shape index (κ3) is 3.53. The molecule has 0 fully saturated rings. The van der Waals surface area contributed by atoms with E-state index in [0.29, 0.717) is 22.2 Å². The van der Waals surface area contributed by atoms with Gasteiger partial charge < -0.3 is 4.74 Å². The minimum absolute atomic E-state index is 0.243. The minimum atomic E-state index is -0.243. The van der Waals surface area contributed by atoms with Crippen molar-refractivity contribution >= 4 is 34.8 Å². The summed E-state index contributed by atoms with van der Waals surface area (Å²) in [6, 6.07) is 7.28. The molecule has 5 heteroatoms. The van der Waals surface area contributed by atoms with Gasteiger partial charge in [0.25, 0.3) is 0 Å². The topological polar surface area (TPSA) is 22.1 Å². The van der Waals surface area contributed by atoms with E-state index < -0.39 is 0 Å². The van der Waals surface area contributed by atoms with E-state index in [1.807, 2.05) is 12.1 Å². The van der Waals surface area contributed by atoms with Crippen LogP contribution in [0.4, 0.5) is 0 Å². The van der Waals surface area contributed by atoms with Gasteiger partial charge in [0.1, 0.15) is 5.75 Å². The summed E-state index contributed by atoms with van der Waals surface area (Å²) < 4.78 is 5.30. The van der Waals surface area contributed by atoms with Crippen LogP contribution in [0.3, 0.4) is 0 Å². The standard InChI is InChI=1S/C14H12Cl3NO/c1-19-14-7-10(15)2-3-11(14)12(16)6-9-4-5-18-8-13(9)17/h2-5,7-8,12H,6H2,1H3. The molecule has 2 aromatic rings. The van der Waals surface area contributed by atoms with Crippen molar-refractivity contribution in [3.05, 3.63) is 57.8 Å². The Morgan fingerprint density at radius 1 is 1.26 bits per heavy atom. The first-order valence-electron chi connectivity index (χ1n) is 5.67. The molecule has 1 heterocycles. The Bertz CT molecular complexity index is 574. The van der Waals surface area contributed by atoms with E-state index in [9.17, 15) is 0 Å². The van der Waals surface area contributed by atoms with Crippen LogP contribution in [0.2, 0.25) is 10.0 Å². The molecule has 0 spiro atoms. The van der Waals surface area contributed by atoms with Crippen molar-refractivity contribution in [1.82, 2.24) is 4.98 Å². The summed E-state index contributed by atoms with van der Waals surface area (Å²) >= 11 is 18.5. The summed E-state index contributed by atoms with van der Waals surface area (Å²) in [6.45, 7) is 0. The lowest BCUT2D eigenvalue weighted by molar-refractivity contribution is 0.409. The summed E-state index contributed by atoms with van der Waals surface area (Å²) in [4.78, 5) is 3.95. The van der Waals surface area contributed by atoms with Gasteiger partial charge in [0.15, 0.2) is 0 Å². The highest BCUT2D eigenvalue weighted by Gasteiger charge is 2.16. The van der Waals surface area contributed by atoms with E-state index in [-0.39, 0.29) is 5.38 Å². The molecule has 0 N–H and O–H groups in total. The first kappa shape index (κ1) is 14.4. The normalized spacial score (nSPS) is 12.2. The van der Waals surface area contributed by atoms with Crippen molar-refractivity contribution in [3.8, 4) is 5.75 Å². The van der Waals surface area contributed by atoms with Crippen LogP contribution in [-0.2, 0) is 6.42 Å². The molecule has 2 nitrogen and oxygen atoms in total. The third-order valence-corrected chi connectivity index (χ3v) is 3.75. The van der Waals surface area contributed by atoms with Crippen LogP contribution < -0.4 is 4.74 Å². The Morgan fingerprint density at radius 2 is 2.05 bits per heavy atom. The number of hydrogen-bond donors (Lipinski definition) is 0. The predicted octanol–water partition coefficient (Wildman–Crippen LogP) is 4.92. The van der Waals surface area contributed by atoms with Crippen LogP contribution in [0.25, 0.3) is 0 Å². The van der Waals surface area contributed by atoms with Gasteiger partial charge in [-0.05, 0) is 30.2 Å². The van der Waals surface area contributed by atoms with Crippen molar-refractivity contribution in [2.24, 2.45) is 0 Å². The monoisotopic (exact) mass is 315 g/mol. The summed E-state index contributed by atoms with van der Waals surface area (Å²) in [7, 11) is 1.60. The lowest BCUT2D eigenvalue weighted by Gasteiger charge is -2.15. The van der Waals surface area contributed by atoms with Gasteiger partial charge in [-0.2, -0.15) is 0 Å². The first-order valence-corrected chi connectivity index (χ1v) is 6.87. The average molecular weight is 317 g/mol. The number of nitrogens with zero attached hydrogens (tertiary/aromatic N) is 1. The van der Waals surface area contributed by atoms with Crippen molar-refractivity contribution in [3.63, 3.8) is 0 Å². The Balaban J connectivity index is 2.25. The smallest absolute Gasteiger partial charge is 0.125 e. The molecule has 0 aliphatic carbocycles. The Labute approximate surface area is 127 Å². The molecule has 1 aromatic heterocycles. The summed E-state index contributed by atoms with van der Waals surface area (Å²) in [5.74, 6) is 0.678. The van der Waals surface area contributed by atoms with Gasteiger partial charge in [0.05, 0.1) is 17.5 Å². The molecule has 0 radical (unpaired) electrons. The zero-order chi connectivity index (χ0) is 13.8. The molecule has 0 aliphatic heterocycles. The van der Waals surface area contributed by atoms with Gasteiger partial charge in [0, 0.05) is 23.0 Å². The quantitative estimate of drug-likeness (QED) is 0.747. The number of pyridine rings is 1. The van der Waals surface area contributed by atoms with E-state index >= 15 is 0 Å². The van der Waals surface area contributed by atoms with Crippen LogP contribution in [0.1, 0.15) is 16.5 Å². The van der Waals surface area contributed by atoms with E-state index in [1.54, 1.807) is 31.6 Å². The van der Waals surface area contributed by atoms with Crippen molar-refractivity contribution in [1.29, 1.82) is 0 Å². The lowest BCUT2D eigenvalue weighted by Crippen LogP contribution is -2.00. The van der Waals surface area contributed by atoms with Crippen LogP contribution in [0.5, 0.6) is 5.75 Å². The van der Waals surface area contributed by atoms with E-state index in [4.69, 9.17) is 39.5 Å².